The van der Waals surface area contributed by atoms with E-state index in [9.17, 15) is 32.4 Å². The van der Waals surface area contributed by atoms with E-state index in [0.717, 1.165) is 18.2 Å². The van der Waals surface area contributed by atoms with Crippen molar-refractivity contribution in [2.75, 3.05) is 5.32 Å². The molecule has 0 saturated heterocycles. The van der Waals surface area contributed by atoms with Crippen LogP contribution in [0.1, 0.15) is 91.5 Å². The molecule has 0 spiro atoms. The largest absolute Gasteiger partial charge is 0.456 e. The second-order valence-corrected chi connectivity index (χ2v) is 12.1. The van der Waals surface area contributed by atoms with Crippen LogP contribution in [0.3, 0.4) is 0 Å². The van der Waals surface area contributed by atoms with E-state index in [4.69, 9.17) is 9.47 Å². The first-order valence-corrected chi connectivity index (χ1v) is 14.4. The molecule has 3 aromatic rings. The number of hydrogen-bond donors (Lipinski definition) is 3. The highest BCUT2D eigenvalue weighted by molar-refractivity contribution is 6.06. The topological polar surface area (TPSA) is 109 Å². The number of nitrogens with one attached hydrogen (secondary N) is 2. The van der Waals surface area contributed by atoms with E-state index in [-0.39, 0.29) is 46.4 Å². The fourth-order valence-electron chi connectivity index (χ4n) is 4.79. The van der Waals surface area contributed by atoms with Gasteiger partial charge in [0.25, 0.3) is 5.91 Å². The SMILES string of the molecule is CC(CC(NC(=O)OC(C)(C)C)c1cc(NC(=O)c2cc(C(F)(F)F)c(C3CC3)cc2Oc2ccc(F)cc2C)ccc1F)=NO. The summed E-state index contributed by atoms with van der Waals surface area (Å²) in [5.74, 6) is -2.72. The van der Waals surface area contributed by atoms with E-state index < -0.39 is 52.6 Å². The normalized spacial score (nSPS) is 14.4. The molecule has 0 radical (unpaired) electrons. The Bertz CT molecular complexity index is 1660. The lowest BCUT2D eigenvalue weighted by atomic mass is 9.97. The molecular formula is C33H34F5N3O5. The van der Waals surface area contributed by atoms with Crippen molar-refractivity contribution in [1.82, 2.24) is 5.32 Å². The Labute approximate surface area is 262 Å². The van der Waals surface area contributed by atoms with Crippen LogP contribution in [-0.4, -0.2) is 28.5 Å². The summed E-state index contributed by atoms with van der Waals surface area (Å²) in [6, 6.07) is 7.82. The van der Waals surface area contributed by atoms with Crippen LogP contribution in [-0.2, 0) is 10.9 Å². The number of halogens is 5. The van der Waals surface area contributed by atoms with Crippen LogP contribution >= 0.6 is 0 Å². The van der Waals surface area contributed by atoms with Gasteiger partial charge in [-0.15, -0.1) is 0 Å². The van der Waals surface area contributed by atoms with Crippen LogP contribution in [0.15, 0.2) is 53.7 Å². The van der Waals surface area contributed by atoms with E-state index >= 15 is 4.39 Å². The maximum atomic E-state index is 15.1. The minimum Gasteiger partial charge on any atom is -0.456 e. The fraction of sp³-hybridized carbons (Fsp3) is 0.364. The summed E-state index contributed by atoms with van der Waals surface area (Å²) in [5, 5.41) is 17.3. The zero-order chi connectivity index (χ0) is 34.0. The van der Waals surface area contributed by atoms with Crippen molar-refractivity contribution < 1.29 is 46.2 Å². The van der Waals surface area contributed by atoms with E-state index in [0.29, 0.717) is 18.4 Å². The Morgan fingerprint density at radius 3 is 2.30 bits per heavy atom. The van der Waals surface area contributed by atoms with Crippen LogP contribution in [0.5, 0.6) is 11.5 Å². The first-order chi connectivity index (χ1) is 21.4. The van der Waals surface area contributed by atoms with Crippen molar-refractivity contribution in [3.8, 4) is 11.5 Å². The summed E-state index contributed by atoms with van der Waals surface area (Å²) in [4.78, 5) is 26.2. The van der Waals surface area contributed by atoms with Gasteiger partial charge in [0.05, 0.1) is 22.9 Å². The summed E-state index contributed by atoms with van der Waals surface area (Å²) in [6.45, 7) is 7.90. The van der Waals surface area contributed by atoms with Gasteiger partial charge in [0.2, 0.25) is 0 Å². The van der Waals surface area contributed by atoms with Crippen molar-refractivity contribution in [2.45, 2.75) is 77.6 Å². The number of carbonyl (C=O) groups is 2. The number of rotatable bonds is 9. The number of alkyl carbamates (subject to hydrolysis) is 1. The second-order valence-electron chi connectivity index (χ2n) is 12.1. The third kappa shape index (κ3) is 8.73. The number of alkyl halides is 3. The highest BCUT2D eigenvalue weighted by Crippen LogP contribution is 2.48. The van der Waals surface area contributed by atoms with Gasteiger partial charge in [-0.05, 0) is 113 Å². The molecule has 0 heterocycles. The van der Waals surface area contributed by atoms with Crippen molar-refractivity contribution in [1.29, 1.82) is 0 Å². The summed E-state index contributed by atoms with van der Waals surface area (Å²) in [6.07, 6.45) is -4.71. The van der Waals surface area contributed by atoms with Crippen molar-refractivity contribution in [3.05, 3.63) is 88.0 Å². The number of amides is 2. The number of oxime groups is 1. The van der Waals surface area contributed by atoms with Gasteiger partial charge < -0.3 is 25.3 Å². The fourth-order valence-corrected chi connectivity index (χ4v) is 4.79. The molecule has 1 atom stereocenters. The molecule has 1 unspecified atom stereocenters. The number of carbonyl (C=O) groups excluding carboxylic acids is 2. The molecule has 13 heteroatoms. The van der Waals surface area contributed by atoms with E-state index in [1.807, 2.05) is 0 Å². The number of nitrogens with zero attached hydrogens (tertiary/aromatic N) is 1. The Morgan fingerprint density at radius 1 is 1.02 bits per heavy atom. The zero-order valence-electron chi connectivity index (χ0n) is 25.8. The van der Waals surface area contributed by atoms with Crippen LogP contribution in [0.2, 0.25) is 0 Å². The van der Waals surface area contributed by atoms with Gasteiger partial charge in [-0.25, -0.2) is 13.6 Å². The third-order valence-electron chi connectivity index (χ3n) is 7.07. The highest BCUT2D eigenvalue weighted by Gasteiger charge is 2.40. The number of ether oxygens (including phenoxy) is 2. The van der Waals surface area contributed by atoms with Crippen LogP contribution in [0.4, 0.5) is 32.4 Å². The molecular weight excluding hydrogens is 613 g/mol. The molecule has 1 fully saturated rings. The predicted octanol–water partition coefficient (Wildman–Crippen LogP) is 9.02. The molecule has 4 rings (SSSR count). The van der Waals surface area contributed by atoms with Crippen LogP contribution in [0.25, 0.3) is 0 Å². The van der Waals surface area contributed by atoms with Crippen LogP contribution < -0.4 is 15.4 Å². The number of aryl methyl sites for hydroxylation is 1. The quantitative estimate of drug-likeness (QED) is 0.0930. The van der Waals surface area contributed by atoms with Crippen molar-refractivity contribution in [3.63, 3.8) is 0 Å². The van der Waals surface area contributed by atoms with Gasteiger partial charge in [-0.2, -0.15) is 13.2 Å². The Morgan fingerprint density at radius 2 is 1.72 bits per heavy atom. The van der Waals surface area contributed by atoms with Crippen molar-refractivity contribution in [2.24, 2.45) is 5.16 Å². The van der Waals surface area contributed by atoms with Gasteiger partial charge in [0, 0.05) is 17.7 Å². The van der Waals surface area contributed by atoms with E-state index in [1.54, 1.807) is 27.7 Å². The monoisotopic (exact) mass is 647 g/mol. The summed E-state index contributed by atoms with van der Waals surface area (Å²) in [7, 11) is 0. The third-order valence-corrected chi connectivity index (χ3v) is 7.07. The van der Waals surface area contributed by atoms with Gasteiger partial charge in [0.1, 0.15) is 28.7 Å². The molecule has 0 aromatic heterocycles. The molecule has 1 saturated carbocycles. The predicted molar refractivity (Wildman–Crippen MR) is 161 cm³/mol. The Hall–Kier alpha value is -4.68. The first kappa shape index (κ1) is 34.2. The van der Waals surface area contributed by atoms with Gasteiger partial charge >= 0.3 is 12.3 Å². The van der Waals surface area contributed by atoms with E-state index in [1.165, 1.54) is 37.3 Å². The first-order valence-electron chi connectivity index (χ1n) is 14.4. The van der Waals surface area contributed by atoms with Gasteiger partial charge in [-0.3, -0.25) is 4.79 Å². The minimum atomic E-state index is -4.77. The molecule has 46 heavy (non-hydrogen) atoms. The van der Waals surface area contributed by atoms with Crippen molar-refractivity contribution >= 4 is 23.4 Å². The number of benzene rings is 3. The average molecular weight is 648 g/mol. The maximum absolute atomic E-state index is 15.1. The lowest BCUT2D eigenvalue weighted by Gasteiger charge is -2.24. The molecule has 1 aliphatic rings. The molecule has 0 aliphatic heterocycles. The van der Waals surface area contributed by atoms with Crippen LogP contribution in [0, 0.1) is 18.6 Å². The smallest absolute Gasteiger partial charge is 0.416 e. The number of anilines is 1. The molecule has 1 aliphatic carbocycles. The highest BCUT2D eigenvalue weighted by atomic mass is 19.4. The number of hydrogen-bond acceptors (Lipinski definition) is 6. The summed E-state index contributed by atoms with van der Waals surface area (Å²) in [5.41, 5.74) is -1.97. The molecule has 3 aromatic carbocycles. The molecule has 246 valence electrons. The molecule has 8 nitrogen and oxygen atoms in total. The lowest BCUT2D eigenvalue weighted by molar-refractivity contribution is -0.138. The Balaban J connectivity index is 1.73. The second kappa shape index (κ2) is 13.4. The van der Waals surface area contributed by atoms with Gasteiger partial charge in [-0.1, -0.05) is 5.16 Å². The molecule has 2 amide bonds. The summed E-state index contributed by atoms with van der Waals surface area (Å²) >= 11 is 0. The lowest BCUT2D eigenvalue weighted by Crippen LogP contribution is -2.36. The Kier molecular flexibility index (Phi) is 9.93. The minimum absolute atomic E-state index is 0.0140. The maximum Gasteiger partial charge on any atom is 0.416 e. The van der Waals surface area contributed by atoms with E-state index in [2.05, 4.69) is 15.8 Å². The molecule has 0 bridgehead atoms. The summed E-state index contributed by atoms with van der Waals surface area (Å²) < 4.78 is 82.6. The zero-order valence-corrected chi connectivity index (χ0v) is 25.8. The standard InChI is InChI=1S/C33H34F5N3O5/c1-17-12-20(34)8-11-28(17)45-29-16-22(19-6-7-19)25(33(36,37)38)15-24(29)30(42)39-21-9-10-26(35)23(14-21)27(13-18(2)41-44)40-31(43)46-32(3,4)5/h8-12,14-16,19,27,44H,6-7,13H2,1-5H3,(H,39,42)(H,40,43). The van der Waals surface area contributed by atoms with Gasteiger partial charge in [0.15, 0.2) is 0 Å². The average Bonchev–Trinajstić information content (AvgIpc) is 3.79. The molecule has 3 N–H and O–H groups in total.